The van der Waals surface area contributed by atoms with E-state index in [2.05, 4.69) is 48.3 Å². The van der Waals surface area contributed by atoms with Crippen LogP contribution >= 0.6 is 0 Å². The van der Waals surface area contributed by atoms with Crippen molar-refractivity contribution in [3.63, 3.8) is 0 Å². The summed E-state index contributed by atoms with van der Waals surface area (Å²) >= 11 is 0. The van der Waals surface area contributed by atoms with Crippen LogP contribution in [0, 0.1) is 0 Å². The molecule has 0 aliphatic carbocycles. The predicted octanol–water partition coefficient (Wildman–Crippen LogP) is -0.809. The lowest BCUT2D eigenvalue weighted by Crippen LogP contribution is -2.24. The molecule has 0 fully saturated rings. The van der Waals surface area contributed by atoms with E-state index in [1.807, 2.05) is 0 Å². The maximum atomic E-state index is 8.92. The number of nitrogens with zero attached hydrogens (tertiary/aromatic N) is 7. The number of rotatable bonds is 0. The maximum absolute atomic E-state index is 8.92. The Morgan fingerprint density at radius 3 is 1.93 bits per heavy atom. The third kappa shape index (κ3) is 3.29. The summed E-state index contributed by atoms with van der Waals surface area (Å²) in [5.41, 5.74) is 2.13. The van der Waals surface area contributed by atoms with Gasteiger partial charge in [0.05, 0.1) is 0 Å². The fraction of sp³-hybridized carbons (Fsp3) is 0. The molecule has 2 aliphatic rings. The zero-order chi connectivity index (χ0) is 11.7. The normalized spacial score (nSPS) is 15.7. The van der Waals surface area contributed by atoms with Crippen LogP contribution in [0.4, 0.5) is 0 Å². The van der Waals surface area contributed by atoms with Gasteiger partial charge < -0.3 is 10.4 Å². The molecule has 0 radical (unpaired) electrons. The van der Waals surface area contributed by atoms with E-state index in [4.69, 9.17) is 15.6 Å². The van der Waals surface area contributed by atoms with E-state index in [1.165, 1.54) is 0 Å². The molecule has 0 unspecified atom stereocenters. The molecule has 0 aromatic rings. The van der Waals surface area contributed by atoms with Crippen LogP contribution in [-0.4, -0.2) is 20.8 Å². The van der Waals surface area contributed by atoms with Crippen molar-refractivity contribution in [3.05, 3.63) is 11.6 Å². The second-order valence-electron chi connectivity index (χ2n) is 1.64. The van der Waals surface area contributed by atoms with Gasteiger partial charge in [-0.25, -0.2) is 11.8 Å². The summed E-state index contributed by atoms with van der Waals surface area (Å²) in [6.07, 6.45) is 0. The lowest BCUT2D eigenvalue weighted by atomic mass is 10.7. The number of hydrogen-bond acceptors (Lipinski definition) is 13. The van der Waals surface area contributed by atoms with Crippen molar-refractivity contribution in [1.29, 1.82) is 0 Å². The van der Waals surface area contributed by atoms with Crippen LogP contribution in [0.1, 0.15) is 0 Å². The summed E-state index contributed by atoms with van der Waals surface area (Å²) in [6.45, 7) is 0. The highest BCUT2D eigenvalue weighted by molar-refractivity contribution is 5.07. The molecule has 15 heavy (non-hydrogen) atoms. The average Bonchev–Trinajstić information content (AvgIpc) is 2.94. The van der Waals surface area contributed by atoms with Crippen molar-refractivity contribution in [2.24, 2.45) is 42.8 Å². The Morgan fingerprint density at radius 1 is 1.00 bits per heavy atom. The SMILES string of the molecule is NO.NO.ON1NN=NC1=C1N=NN=N1. The zero-order valence-corrected chi connectivity index (χ0v) is 7.13. The lowest BCUT2D eigenvalue weighted by Gasteiger charge is -2.04. The van der Waals surface area contributed by atoms with Crippen LogP contribution in [0.15, 0.2) is 42.7 Å². The van der Waals surface area contributed by atoms with Crippen molar-refractivity contribution in [1.82, 2.24) is 10.7 Å². The maximum Gasteiger partial charge on any atom is 0.249 e. The molecular formula is C2H8N10O3. The van der Waals surface area contributed by atoms with Crippen LogP contribution in [0.3, 0.4) is 0 Å². The van der Waals surface area contributed by atoms with E-state index in [0.29, 0.717) is 5.17 Å². The molecular weight excluding hydrogens is 212 g/mol. The summed E-state index contributed by atoms with van der Waals surface area (Å²) in [5.74, 6) is 7.18. The molecule has 2 aliphatic heterocycles. The number of nitrogens with two attached hydrogens (primary N) is 2. The van der Waals surface area contributed by atoms with E-state index < -0.39 is 0 Å². The fourth-order valence-electron chi connectivity index (χ4n) is 0.575. The van der Waals surface area contributed by atoms with E-state index in [0.717, 1.165) is 0 Å². The standard InChI is InChI=1S/C2H2N8O.2H3NO/c11-10-2(5-8-9-10)1-3-6-7-4-1;2*1-2/h11H,(H,5,9);2*2H,1H2. The van der Waals surface area contributed by atoms with Gasteiger partial charge in [-0.3, -0.25) is 5.21 Å². The Kier molecular flexibility index (Phi) is 6.34. The first-order chi connectivity index (χ1) is 7.38. The van der Waals surface area contributed by atoms with Gasteiger partial charge in [-0.1, -0.05) is 0 Å². The van der Waals surface area contributed by atoms with E-state index in [9.17, 15) is 0 Å². The summed E-state index contributed by atoms with van der Waals surface area (Å²) in [5, 5.41) is 42.5. The van der Waals surface area contributed by atoms with Gasteiger partial charge in [0, 0.05) is 0 Å². The van der Waals surface area contributed by atoms with E-state index >= 15 is 0 Å². The quantitative estimate of drug-likeness (QED) is 0.286. The molecule has 2 rings (SSSR count). The first-order valence-corrected chi connectivity index (χ1v) is 3.11. The van der Waals surface area contributed by atoms with Crippen molar-refractivity contribution in [2.75, 3.05) is 0 Å². The Bertz CT molecular complexity index is 279. The molecule has 0 saturated carbocycles. The lowest BCUT2D eigenvalue weighted by molar-refractivity contribution is -0.0906. The first kappa shape index (κ1) is 12.9. The van der Waals surface area contributed by atoms with Gasteiger partial charge in [0.25, 0.3) is 0 Å². The predicted molar refractivity (Wildman–Crippen MR) is 40.3 cm³/mol. The van der Waals surface area contributed by atoms with Gasteiger partial charge in [-0.15, -0.1) is 20.5 Å². The molecule has 0 amide bonds. The van der Waals surface area contributed by atoms with Gasteiger partial charge in [0.1, 0.15) is 0 Å². The van der Waals surface area contributed by atoms with Gasteiger partial charge in [0.15, 0.2) is 0 Å². The van der Waals surface area contributed by atoms with Gasteiger partial charge in [-0.2, -0.15) is 5.53 Å². The molecule has 2 heterocycles. The monoisotopic (exact) mass is 220 g/mol. The molecule has 8 N–H and O–H groups in total. The van der Waals surface area contributed by atoms with Crippen LogP contribution < -0.4 is 17.3 Å². The number of hydrazine groups is 1. The second-order valence-corrected chi connectivity index (χ2v) is 1.64. The summed E-state index contributed by atoms with van der Waals surface area (Å²) in [7, 11) is 0. The first-order valence-electron chi connectivity index (χ1n) is 3.11. The number of hydrogen-bond donors (Lipinski definition) is 6. The Morgan fingerprint density at radius 2 is 1.53 bits per heavy atom. The van der Waals surface area contributed by atoms with Crippen LogP contribution in [0.5, 0.6) is 0 Å². The van der Waals surface area contributed by atoms with Crippen molar-refractivity contribution in [3.8, 4) is 0 Å². The highest BCUT2D eigenvalue weighted by atomic mass is 16.6. The summed E-state index contributed by atoms with van der Waals surface area (Å²) in [6, 6.07) is 0. The highest BCUT2D eigenvalue weighted by Gasteiger charge is 2.19. The number of hydroxylamine groups is 1. The van der Waals surface area contributed by atoms with Gasteiger partial charge in [-0.05, 0) is 15.7 Å². The highest BCUT2D eigenvalue weighted by Crippen LogP contribution is 2.19. The average molecular weight is 220 g/mol. The summed E-state index contributed by atoms with van der Waals surface area (Å²) < 4.78 is 0. The Hall–Kier alpha value is -2.06. The van der Waals surface area contributed by atoms with Crippen LogP contribution in [-0.2, 0) is 0 Å². The van der Waals surface area contributed by atoms with E-state index in [-0.39, 0.29) is 11.6 Å². The largest absolute Gasteiger partial charge is 0.320 e. The van der Waals surface area contributed by atoms with Crippen molar-refractivity contribution < 1.29 is 15.6 Å². The van der Waals surface area contributed by atoms with Crippen LogP contribution in [0.2, 0.25) is 0 Å². The van der Waals surface area contributed by atoms with Gasteiger partial charge in [0.2, 0.25) is 11.6 Å². The molecule has 0 aromatic carbocycles. The Labute approximate surface area is 81.9 Å². The van der Waals surface area contributed by atoms with Crippen LogP contribution in [0.25, 0.3) is 0 Å². The third-order valence-corrected chi connectivity index (χ3v) is 1.00. The molecule has 0 bridgehead atoms. The molecule has 0 saturated heterocycles. The van der Waals surface area contributed by atoms with E-state index in [1.54, 1.807) is 0 Å². The molecule has 13 nitrogen and oxygen atoms in total. The fourth-order valence-corrected chi connectivity index (χ4v) is 0.575. The third-order valence-electron chi connectivity index (χ3n) is 1.00. The minimum absolute atomic E-state index is 0.0648. The molecule has 0 spiro atoms. The minimum Gasteiger partial charge on any atom is -0.320 e. The Balaban J connectivity index is 0.000000442. The molecule has 84 valence electrons. The number of nitrogens with one attached hydrogen (secondary N) is 1. The van der Waals surface area contributed by atoms with Crippen molar-refractivity contribution in [2.45, 2.75) is 0 Å². The minimum atomic E-state index is 0.0648. The topological polar surface area (TPSA) is 202 Å². The molecule has 13 heteroatoms. The van der Waals surface area contributed by atoms with Crippen molar-refractivity contribution >= 4 is 0 Å². The second kappa shape index (κ2) is 7.35. The smallest absolute Gasteiger partial charge is 0.249 e. The summed E-state index contributed by atoms with van der Waals surface area (Å²) in [4.78, 5) is 0. The zero-order valence-electron chi connectivity index (χ0n) is 7.13. The van der Waals surface area contributed by atoms with Gasteiger partial charge >= 0.3 is 0 Å². The molecule has 0 aromatic heterocycles. The molecule has 0 atom stereocenters.